The maximum atomic E-state index is 12.1. The molecule has 2 nitrogen and oxygen atoms in total. The first-order valence-electron chi connectivity index (χ1n) is 5.26. The second-order valence-electron chi connectivity index (χ2n) is 3.85. The van der Waals surface area contributed by atoms with Crippen LogP contribution in [0.25, 0.3) is 0 Å². The van der Waals surface area contributed by atoms with Crippen molar-refractivity contribution in [1.29, 1.82) is 5.26 Å². The predicted octanol–water partition coefficient (Wildman–Crippen LogP) is 4.00. The summed E-state index contributed by atoms with van der Waals surface area (Å²) in [6.07, 6.45) is -3.65. The van der Waals surface area contributed by atoms with Crippen LogP contribution in [0.2, 0.25) is 0 Å². The van der Waals surface area contributed by atoms with Gasteiger partial charge in [-0.3, -0.25) is 5.32 Å². The molecule has 1 aromatic rings. The second kappa shape index (κ2) is 5.09. The van der Waals surface area contributed by atoms with E-state index in [1.165, 1.54) is 17.4 Å². The smallest absolute Gasteiger partial charge is 0.297 e. The highest BCUT2D eigenvalue weighted by atomic mass is 19.4. The summed E-state index contributed by atoms with van der Waals surface area (Å²) < 4.78 is 36.3. The van der Waals surface area contributed by atoms with Crippen LogP contribution in [0.3, 0.4) is 0 Å². The molecule has 1 N–H and O–H groups in total. The Balaban J connectivity index is 3.06. The first-order chi connectivity index (χ1) is 7.87. The largest absolute Gasteiger partial charge is 0.482 e. The lowest BCUT2D eigenvalue weighted by atomic mass is 9.94. The molecular formula is C12H13F3N2. The molecule has 0 saturated carbocycles. The van der Waals surface area contributed by atoms with Gasteiger partial charge in [-0.05, 0) is 30.0 Å². The minimum atomic E-state index is -4.48. The van der Waals surface area contributed by atoms with Crippen molar-refractivity contribution < 1.29 is 13.2 Å². The van der Waals surface area contributed by atoms with Crippen LogP contribution in [0.15, 0.2) is 18.2 Å². The molecule has 0 spiro atoms. The zero-order valence-electron chi connectivity index (χ0n) is 9.60. The predicted molar refractivity (Wildman–Crippen MR) is 59.5 cm³/mol. The van der Waals surface area contributed by atoms with Crippen LogP contribution in [0.4, 0.5) is 18.9 Å². The van der Waals surface area contributed by atoms with Crippen LogP contribution in [0, 0.1) is 11.3 Å². The Labute approximate surface area is 98.1 Å². The number of nitriles is 1. The van der Waals surface area contributed by atoms with Gasteiger partial charge in [0.1, 0.15) is 0 Å². The third kappa shape index (κ3) is 3.66. The van der Waals surface area contributed by atoms with E-state index >= 15 is 0 Å². The fraction of sp³-hybridized carbons (Fsp3) is 0.417. The summed E-state index contributed by atoms with van der Waals surface area (Å²) >= 11 is 0. The van der Waals surface area contributed by atoms with E-state index in [1.54, 1.807) is 6.07 Å². The van der Waals surface area contributed by atoms with E-state index in [0.29, 0.717) is 0 Å². The summed E-state index contributed by atoms with van der Waals surface area (Å²) in [5.41, 5.74) is 0.956. The minimum absolute atomic E-state index is 0.110. The molecule has 5 heteroatoms. The van der Waals surface area contributed by atoms with Gasteiger partial charge in [0, 0.05) is 5.69 Å². The van der Waals surface area contributed by atoms with Crippen molar-refractivity contribution >= 4 is 5.69 Å². The average Bonchev–Trinajstić information content (AvgIpc) is 2.25. The first-order valence-corrected chi connectivity index (χ1v) is 5.26. The summed E-state index contributed by atoms with van der Waals surface area (Å²) in [4.78, 5) is 0. The fourth-order valence-corrected chi connectivity index (χ4v) is 1.54. The van der Waals surface area contributed by atoms with Crippen molar-refractivity contribution in [2.75, 3.05) is 5.32 Å². The Morgan fingerprint density at radius 3 is 2.53 bits per heavy atom. The van der Waals surface area contributed by atoms with Crippen LogP contribution in [0.5, 0.6) is 0 Å². The fourth-order valence-electron chi connectivity index (χ4n) is 1.54. The maximum absolute atomic E-state index is 12.1. The number of alkyl halides is 3. The van der Waals surface area contributed by atoms with E-state index in [0.717, 1.165) is 12.0 Å². The van der Waals surface area contributed by atoms with Gasteiger partial charge in [-0.25, -0.2) is 0 Å². The highest BCUT2D eigenvalue weighted by Gasteiger charge is 2.27. The van der Waals surface area contributed by atoms with E-state index in [4.69, 9.17) is 5.26 Å². The van der Waals surface area contributed by atoms with E-state index < -0.39 is 6.30 Å². The first kappa shape index (κ1) is 13.4. The minimum Gasteiger partial charge on any atom is -0.297 e. The van der Waals surface area contributed by atoms with Gasteiger partial charge in [0.05, 0.1) is 11.6 Å². The van der Waals surface area contributed by atoms with Crippen LogP contribution in [-0.2, 0) is 0 Å². The SMILES string of the molecule is CCC(C)c1ccc(NC(F)(F)F)cc1C#N. The molecule has 0 aromatic heterocycles. The van der Waals surface area contributed by atoms with Gasteiger partial charge in [-0.2, -0.15) is 18.4 Å². The van der Waals surface area contributed by atoms with Crippen molar-refractivity contribution in [1.82, 2.24) is 0 Å². The van der Waals surface area contributed by atoms with Gasteiger partial charge in [0.2, 0.25) is 0 Å². The highest BCUT2D eigenvalue weighted by Crippen LogP contribution is 2.27. The second-order valence-corrected chi connectivity index (χ2v) is 3.85. The number of rotatable bonds is 3. The summed E-state index contributed by atoms with van der Waals surface area (Å²) in [6, 6.07) is 6.07. The number of halogens is 3. The van der Waals surface area contributed by atoms with E-state index in [9.17, 15) is 13.2 Å². The van der Waals surface area contributed by atoms with Crippen LogP contribution in [0.1, 0.15) is 37.3 Å². The summed E-state index contributed by atoms with van der Waals surface area (Å²) in [5, 5.41) is 10.3. The van der Waals surface area contributed by atoms with Gasteiger partial charge in [-0.1, -0.05) is 19.9 Å². The Kier molecular flexibility index (Phi) is 4.00. The quantitative estimate of drug-likeness (QED) is 0.813. The normalized spacial score (nSPS) is 12.9. The molecule has 17 heavy (non-hydrogen) atoms. The molecule has 1 unspecified atom stereocenters. The Morgan fingerprint density at radius 2 is 2.06 bits per heavy atom. The molecule has 0 bridgehead atoms. The van der Waals surface area contributed by atoms with E-state index in [2.05, 4.69) is 0 Å². The molecule has 0 aliphatic rings. The number of nitrogens with one attached hydrogen (secondary N) is 1. The number of anilines is 1. The molecule has 0 saturated heterocycles. The Bertz CT molecular complexity index is 432. The molecule has 0 amide bonds. The summed E-state index contributed by atoms with van der Waals surface area (Å²) in [7, 11) is 0. The van der Waals surface area contributed by atoms with E-state index in [-0.39, 0.29) is 17.2 Å². The number of benzene rings is 1. The van der Waals surface area contributed by atoms with Crippen molar-refractivity contribution in [3.8, 4) is 6.07 Å². The monoisotopic (exact) mass is 242 g/mol. The van der Waals surface area contributed by atoms with Crippen molar-refractivity contribution in [2.45, 2.75) is 32.5 Å². The van der Waals surface area contributed by atoms with E-state index in [1.807, 2.05) is 19.9 Å². The van der Waals surface area contributed by atoms with Crippen LogP contribution in [-0.4, -0.2) is 6.30 Å². The molecule has 92 valence electrons. The van der Waals surface area contributed by atoms with Gasteiger partial charge >= 0.3 is 6.30 Å². The maximum Gasteiger partial charge on any atom is 0.482 e. The lowest BCUT2D eigenvalue weighted by molar-refractivity contribution is -0.0999. The number of nitrogens with zero attached hydrogens (tertiary/aromatic N) is 1. The molecule has 0 heterocycles. The van der Waals surface area contributed by atoms with Gasteiger partial charge in [-0.15, -0.1) is 0 Å². The van der Waals surface area contributed by atoms with Gasteiger partial charge < -0.3 is 0 Å². The van der Waals surface area contributed by atoms with Crippen LogP contribution >= 0.6 is 0 Å². The lowest BCUT2D eigenvalue weighted by Crippen LogP contribution is -2.20. The topological polar surface area (TPSA) is 35.8 Å². The summed E-state index contributed by atoms with van der Waals surface area (Å²) in [6.45, 7) is 3.90. The number of hydrogen-bond donors (Lipinski definition) is 1. The summed E-state index contributed by atoms with van der Waals surface area (Å²) in [5.74, 6) is 0.157. The zero-order chi connectivity index (χ0) is 13.1. The van der Waals surface area contributed by atoms with Crippen molar-refractivity contribution in [3.63, 3.8) is 0 Å². The number of hydrogen-bond acceptors (Lipinski definition) is 2. The molecule has 1 atom stereocenters. The van der Waals surface area contributed by atoms with Crippen molar-refractivity contribution in [2.24, 2.45) is 0 Å². The molecule has 1 rings (SSSR count). The van der Waals surface area contributed by atoms with Crippen LogP contribution < -0.4 is 5.32 Å². The molecule has 0 aliphatic carbocycles. The molecule has 0 aliphatic heterocycles. The van der Waals surface area contributed by atoms with Crippen molar-refractivity contribution in [3.05, 3.63) is 29.3 Å². The molecule has 1 aromatic carbocycles. The average molecular weight is 242 g/mol. The third-order valence-corrected chi connectivity index (χ3v) is 2.60. The third-order valence-electron chi connectivity index (χ3n) is 2.60. The molecular weight excluding hydrogens is 229 g/mol. The van der Waals surface area contributed by atoms with Gasteiger partial charge in [0.15, 0.2) is 0 Å². The Morgan fingerprint density at radius 1 is 1.41 bits per heavy atom. The zero-order valence-corrected chi connectivity index (χ0v) is 9.60. The standard InChI is InChI=1S/C12H13F3N2/c1-3-8(2)11-5-4-10(6-9(11)7-16)17-12(13,14)15/h4-6,8,17H,3H2,1-2H3. The van der Waals surface area contributed by atoms with Gasteiger partial charge in [0.25, 0.3) is 0 Å². The molecule has 0 radical (unpaired) electrons. The molecule has 0 fully saturated rings. The highest BCUT2D eigenvalue weighted by molar-refractivity contribution is 5.54. The Hall–Kier alpha value is -1.70. The lowest BCUT2D eigenvalue weighted by Gasteiger charge is -2.14.